The first-order valence-electron chi connectivity index (χ1n) is 14.4. The highest BCUT2D eigenvalue weighted by Crippen LogP contribution is 2.47. The SMILES string of the molecule is C1=Cc2cc(-c3c4ccccc4c(-c4ccc5c(c4)sc4ccccc45)c4ccccc34)c3ccccc3c2CC1. The molecule has 0 amide bonds. The summed E-state index contributed by atoms with van der Waals surface area (Å²) in [6.07, 6.45) is 6.87. The molecule has 1 heterocycles. The van der Waals surface area contributed by atoms with Crippen LogP contribution in [0.15, 0.2) is 127 Å². The number of hydrogen-bond donors (Lipinski definition) is 0. The lowest BCUT2D eigenvalue weighted by atomic mass is 9.82. The summed E-state index contributed by atoms with van der Waals surface area (Å²) in [5.74, 6) is 0. The van der Waals surface area contributed by atoms with Crippen molar-refractivity contribution in [3.8, 4) is 22.3 Å². The largest absolute Gasteiger partial charge is 0.135 e. The smallest absolute Gasteiger partial charge is 0.0361 e. The van der Waals surface area contributed by atoms with Gasteiger partial charge in [0.05, 0.1) is 0 Å². The lowest BCUT2D eigenvalue weighted by Crippen LogP contribution is -1.98. The first kappa shape index (κ1) is 23.0. The molecule has 0 bridgehead atoms. The lowest BCUT2D eigenvalue weighted by Gasteiger charge is -2.21. The Morgan fingerprint density at radius 3 is 1.78 bits per heavy atom. The van der Waals surface area contributed by atoms with E-state index >= 15 is 0 Å². The summed E-state index contributed by atoms with van der Waals surface area (Å²) in [4.78, 5) is 0. The summed E-state index contributed by atoms with van der Waals surface area (Å²) < 4.78 is 2.69. The van der Waals surface area contributed by atoms with E-state index in [9.17, 15) is 0 Å². The van der Waals surface area contributed by atoms with Crippen molar-refractivity contribution in [2.45, 2.75) is 12.8 Å². The third kappa shape index (κ3) is 3.40. The number of fused-ring (bicyclic) bond motifs is 8. The van der Waals surface area contributed by atoms with Crippen molar-refractivity contribution in [1.82, 2.24) is 0 Å². The van der Waals surface area contributed by atoms with E-state index in [1.807, 2.05) is 11.3 Å². The summed E-state index contributed by atoms with van der Waals surface area (Å²) in [5.41, 5.74) is 8.10. The van der Waals surface area contributed by atoms with Crippen LogP contribution >= 0.6 is 11.3 Å². The molecule has 0 saturated heterocycles. The number of rotatable bonds is 2. The van der Waals surface area contributed by atoms with Crippen LogP contribution in [0.4, 0.5) is 0 Å². The molecular weight excluding hydrogens is 513 g/mol. The molecule has 0 nitrogen and oxygen atoms in total. The van der Waals surface area contributed by atoms with Gasteiger partial charge in [-0.1, -0.05) is 115 Å². The molecule has 0 atom stereocenters. The molecule has 0 unspecified atom stereocenters. The number of hydrogen-bond acceptors (Lipinski definition) is 1. The van der Waals surface area contributed by atoms with E-state index in [0.717, 1.165) is 12.8 Å². The van der Waals surface area contributed by atoms with Crippen LogP contribution < -0.4 is 0 Å². The Hall–Kier alpha value is -4.72. The summed E-state index contributed by atoms with van der Waals surface area (Å²) >= 11 is 1.89. The molecule has 1 aromatic heterocycles. The molecule has 41 heavy (non-hydrogen) atoms. The van der Waals surface area contributed by atoms with Crippen LogP contribution in [-0.2, 0) is 6.42 Å². The highest BCUT2D eigenvalue weighted by atomic mass is 32.1. The molecule has 1 heteroatoms. The Labute approximate surface area is 242 Å². The van der Waals surface area contributed by atoms with E-state index in [2.05, 4.69) is 133 Å². The third-order valence-corrected chi connectivity index (χ3v) is 10.1. The Balaban J connectivity index is 1.41. The fourth-order valence-electron chi connectivity index (χ4n) is 7.14. The van der Waals surface area contributed by atoms with Crippen molar-refractivity contribution in [1.29, 1.82) is 0 Å². The van der Waals surface area contributed by atoms with E-state index < -0.39 is 0 Å². The Morgan fingerprint density at radius 1 is 0.463 bits per heavy atom. The van der Waals surface area contributed by atoms with E-state index in [4.69, 9.17) is 0 Å². The van der Waals surface area contributed by atoms with Crippen LogP contribution in [0, 0.1) is 0 Å². The molecule has 0 fully saturated rings. The minimum atomic E-state index is 1.10. The molecule has 9 rings (SSSR count). The Morgan fingerprint density at radius 2 is 1.05 bits per heavy atom. The van der Waals surface area contributed by atoms with E-state index in [0.29, 0.717) is 0 Å². The van der Waals surface area contributed by atoms with Gasteiger partial charge in [0.15, 0.2) is 0 Å². The van der Waals surface area contributed by atoms with Gasteiger partial charge in [0, 0.05) is 20.2 Å². The Bertz CT molecular complexity index is 2310. The second-order valence-corrected chi connectivity index (χ2v) is 12.2. The van der Waals surface area contributed by atoms with Crippen molar-refractivity contribution in [2.24, 2.45) is 0 Å². The summed E-state index contributed by atoms with van der Waals surface area (Å²) in [6.45, 7) is 0. The maximum Gasteiger partial charge on any atom is 0.0361 e. The normalized spacial score (nSPS) is 13.1. The molecule has 192 valence electrons. The van der Waals surface area contributed by atoms with Gasteiger partial charge in [0.1, 0.15) is 0 Å². The van der Waals surface area contributed by atoms with E-state index in [1.165, 1.54) is 85.9 Å². The number of thiophene rings is 1. The molecule has 1 aliphatic rings. The lowest BCUT2D eigenvalue weighted by molar-refractivity contribution is 0.997. The predicted molar refractivity (Wildman–Crippen MR) is 180 cm³/mol. The monoisotopic (exact) mass is 538 g/mol. The van der Waals surface area contributed by atoms with E-state index in [-0.39, 0.29) is 0 Å². The van der Waals surface area contributed by atoms with Gasteiger partial charge in [0.2, 0.25) is 0 Å². The van der Waals surface area contributed by atoms with Crippen LogP contribution in [0.25, 0.3) is 80.8 Å². The second kappa shape index (κ2) is 8.89. The zero-order chi connectivity index (χ0) is 26.9. The van der Waals surface area contributed by atoms with Gasteiger partial charge >= 0.3 is 0 Å². The van der Waals surface area contributed by atoms with Crippen LogP contribution in [0.3, 0.4) is 0 Å². The standard InChI is InChI=1S/C40H26S/c1-2-12-27-25(11-1)23-36(29-14-4-3-13-28(27)29)40-34-18-7-5-16-32(34)39(33-17-6-8-19-35(33)40)26-21-22-31-30-15-9-10-20-37(30)41-38(31)24-26/h1,3-11,13-24H,2,12H2. The van der Waals surface area contributed by atoms with Crippen molar-refractivity contribution in [3.05, 3.63) is 139 Å². The minimum absolute atomic E-state index is 1.10. The maximum atomic E-state index is 2.45. The molecule has 1 aliphatic carbocycles. The summed E-state index contributed by atoms with van der Waals surface area (Å²) in [7, 11) is 0. The van der Waals surface area contributed by atoms with Crippen LogP contribution in [-0.4, -0.2) is 0 Å². The van der Waals surface area contributed by atoms with Crippen molar-refractivity contribution in [3.63, 3.8) is 0 Å². The van der Waals surface area contributed by atoms with Crippen LogP contribution in [0.2, 0.25) is 0 Å². The minimum Gasteiger partial charge on any atom is -0.135 e. The predicted octanol–water partition coefficient (Wildman–Crippen LogP) is 11.8. The Kier molecular flexibility index (Phi) is 5.00. The van der Waals surface area contributed by atoms with Gasteiger partial charge in [-0.15, -0.1) is 11.3 Å². The van der Waals surface area contributed by atoms with Gasteiger partial charge in [-0.2, -0.15) is 0 Å². The number of benzene rings is 7. The second-order valence-electron chi connectivity index (χ2n) is 11.1. The third-order valence-electron chi connectivity index (χ3n) is 8.92. The molecule has 7 aromatic carbocycles. The van der Waals surface area contributed by atoms with Crippen molar-refractivity contribution < 1.29 is 0 Å². The van der Waals surface area contributed by atoms with Gasteiger partial charge in [0.25, 0.3) is 0 Å². The van der Waals surface area contributed by atoms with Gasteiger partial charge < -0.3 is 0 Å². The highest BCUT2D eigenvalue weighted by Gasteiger charge is 2.20. The van der Waals surface area contributed by atoms with Crippen LogP contribution in [0.5, 0.6) is 0 Å². The van der Waals surface area contributed by atoms with E-state index in [1.54, 1.807) is 0 Å². The van der Waals surface area contributed by atoms with Gasteiger partial charge in [-0.3, -0.25) is 0 Å². The zero-order valence-corrected chi connectivity index (χ0v) is 23.3. The fraction of sp³-hybridized carbons (Fsp3) is 0.0500. The first-order valence-corrected chi connectivity index (χ1v) is 15.2. The molecular formula is C40H26S. The molecule has 0 saturated carbocycles. The topological polar surface area (TPSA) is 0 Å². The number of aryl methyl sites for hydroxylation is 1. The fourth-order valence-corrected chi connectivity index (χ4v) is 8.29. The quantitative estimate of drug-likeness (QED) is 0.192. The van der Waals surface area contributed by atoms with Gasteiger partial charge in [-0.25, -0.2) is 0 Å². The highest BCUT2D eigenvalue weighted by molar-refractivity contribution is 7.25. The maximum absolute atomic E-state index is 2.45. The molecule has 0 N–H and O–H groups in total. The zero-order valence-electron chi connectivity index (χ0n) is 22.5. The van der Waals surface area contributed by atoms with Crippen molar-refractivity contribution in [2.75, 3.05) is 0 Å². The van der Waals surface area contributed by atoms with Crippen LogP contribution in [0.1, 0.15) is 17.5 Å². The molecule has 0 aliphatic heterocycles. The summed E-state index contributed by atoms with van der Waals surface area (Å²) in [6, 6.07) is 45.3. The van der Waals surface area contributed by atoms with Crippen molar-refractivity contribution >= 4 is 69.9 Å². The molecule has 0 radical (unpaired) electrons. The molecule has 0 spiro atoms. The molecule has 8 aromatic rings. The average Bonchev–Trinajstić information content (AvgIpc) is 3.41. The van der Waals surface area contributed by atoms with Gasteiger partial charge in [-0.05, 0) is 96.7 Å². The number of allylic oxidation sites excluding steroid dienone is 1. The first-order chi connectivity index (χ1) is 20.3. The average molecular weight is 539 g/mol. The summed E-state index contributed by atoms with van der Waals surface area (Å²) in [5, 5.41) is 10.6.